The molecule has 0 unspecified atom stereocenters. The number of phenolic OH excluding ortho intramolecular Hbond substituents is 1. The Morgan fingerprint density at radius 3 is 2.38 bits per heavy atom. The average Bonchev–Trinajstić information content (AvgIpc) is 2.70. The fraction of sp³-hybridized carbons (Fsp3) is 0.300. The minimum atomic E-state index is -3.50. The molecule has 2 aromatic rings. The zero-order valence-electron chi connectivity index (χ0n) is 16.2. The summed E-state index contributed by atoms with van der Waals surface area (Å²) in [7, 11) is -3.50. The summed E-state index contributed by atoms with van der Waals surface area (Å²) >= 11 is 0. The number of hydrazone groups is 1. The molecule has 1 heterocycles. The third-order valence-corrected chi connectivity index (χ3v) is 6.71. The summed E-state index contributed by atoms with van der Waals surface area (Å²) in [5.41, 5.74) is 4.25. The van der Waals surface area contributed by atoms with Gasteiger partial charge in [0.05, 0.1) is 37.3 Å². The Bertz CT molecular complexity index is 965. The number of hydrogen-bond donors (Lipinski definition) is 3. The molecule has 0 aromatic heterocycles. The second-order valence-electron chi connectivity index (χ2n) is 7.03. The van der Waals surface area contributed by atoms with Crippen molar-refractivity contribution in [1.82, 2.24) is 9.73 Å². The van der Waals surface area contributed by atoms with Crippen molar-refractivity contribution >= 4 is 22.1 Å². The number of nitrogens with zero attached hydrogens (tertiary/aromatic N) is 2. The van der Waals surface area contributed by atoms with E-state index >= 15 is 0 Å². The number of carbonyl (C=O) groups excluding carboxylic acids is 1. The maximum Gasteiger partial charge on any atom is 0.295 e. The number of hydrogen-bond acceptors (Lipinski definition) is 5. The highest BCUT2D eigenvalue weighted by atomic mass is 32.2. The highest BCUT2D eigenvalue weighted by Gasteiger charge is 2.31. The Labute approximate surface area is 170 Å². The molecule has 3 rings (SSSR count). The molecule has 1 saturated heterocycles. The number of aryl methyl sites for hydroxylation is 1. The van der Waals surface area contributed by atoms with Crippen LogP contribution in [0.15, 0.2) is 58.5 Å². The highest BCUT2D eigenvalue weighted by molar-refractivity contribution is 7.89. The molecule has 0 bridgehead atoms. The summed E-state index contributed by atoms with van der Waals surface area (Å²) in [6.07, 6.45) is 1.50. The molecule has 0 aliphatic carbocycles. The molecular formula is C20H25N4O4S+. The third kappa shape index (κ3) is 5.63. The molecule has 0 saturated carbocycles. The number of aromatic hydroxyl groups is 1. The Hall–Kier alpha value is -2.75. The topological polar surface area (TPSA) is 104 Å². The molecule has 0 atom stereocenters. The number of piperazine rings is 1. The van der Waals surface area contributed by atoms with Gasteiger partial charge >= 0.3 is 0 Å². The second kappa shape index (κ2) is 9.17. The first-order chi connectivity index (χ1) is 13.8. The largest absolute Gasteiger partial charge is 0.508 e. The molecule has 0 radical (unpaired) electrons. The molecule has 1 fully saturated rings. The molecule has 1 aliphatic rings. The van der Waals surface area contributed by atoms with Crippen LogP contribution in [0.4, 0.5) is 0 Å². The van der Waals surface area contributed by atoms with E-state index < -0.39 is 10.0 Å². The molecule has 0 spiro atoms. The molecule has 29 heavy (non-hydrogen) atoms. The van der Waals surface area contributed by atoms with Crippen LogP contribution < -0.4 is 10.3 Å². The Kier molecular flexibility index (Phi) is 6.63. The van der Waals surface area contributed by atoms with E-state index in [2.05, 4.69) is 10.5 Å². The zero-order chi connectivity index (χ0) is 20.9. The van der Waals surface area contributed by atoms with Gasteiger partial charge in [0.2, 0.25) is 10.0 Å². The summed E-state index contributed by atoms with van der Waals surface area (Å²) < 4.78 is 26.9. The lowest BCUT2D eigenvalue weighted by molar-refractivity contribution is -0.895. The lowest BCUT2D eigenvalue weighted by atomic mass is 10.2. The van der Waals surface area contributed by atoms with Crippen LogP contribution in [0.3, 0.4) is 0 Å². The van der Waals surface area contributed by atoms with Crippen molar-refractivity contribution in [3.05, 3.63) is 59.7 Å². The van der Waals surface area contributed by atoms with Gasteiger partial charge in [0.25, 0.3) is 5.91 Å². The van der Waals surface area contributed by atoms with E-state index in [9.17, 15) is 18.3 Å². The number of benzene rings is 2. The number of rotatable bonds is 6. The van der Waals surface area contributed by atoms with Crippen molar-refractivity contribution in [1.29, 1.82) is 0 Å². The molecule has 154 valence electrons. The first-order valence-electron chi connectivity index (χ1n) is 9.36. The quantitative estimate of drug-likeness (QED) is 0.445. The fourth-order valence-electron chi connectivity index (χ4n) is 3.08. The lowest BCUT2D eigenvalue weighted by Gasteiger charge is -2.31. The first-order valence-corrected chi connectivity index (χ1v) is 10.8. The van der Waals surface area contributed by atoms with E-state index in [0.29, 0.717) is 31.1 Å². The number of quaternary nitrogens is 1. The summed E-state index contributed by atoms with van der Waals surface area (Å²) in [5, 5.41) is 13.2. The van der Waals surface area contributed by atoms with Crippen molar-refractivity contribution in [2.24, 2.45) is 5.10 Å². The Morgan fingerprint density at radius 1 is 1.14 bits per heavy atom. The number of nitrogens with one attached hydrogen (secondary N) is 2. The van der Waals surface area contributed by atoms with E-state index in [1.54, 1.807) is 36.4 Å². The van der Waals surface area contributed by atoms with Crippen molar-refractivity contribution < 1.29 is 23.2 Å². The number of sulfonamides is 1. The first kappa shape index (κ1) is 21.0. The van der Waals surface area contributed by atoms with Crippen LogP contribution in [0, 0.1) is 6.92 Å². The molecule has 2 aromatic carbocycles. The maximum atomic E-state index is 12.7. The van der Waals surface area contributed by atoms with Gasteiger partial charge in [-0.2, -0.15) is 9.41 Å². The number of phenols is 1. The van der Waals surface area contributed by atoms with Crippen LogP contribution in [-0.4, -0.2) is 62.7 Å². The van der Waals surface area contributed by atoms with Crippen molar-refractivity contribution in [2.75, 3.05) is 32.7 Å². The van der Waals surface area contributed by atoms with Gasteiger partial charge in [-0.05, 0) is 48.9 Å². The van der Waals surface area contributed by atoms with Gasteiger partial charge in [-0.15, -0.1) is 0 Å². The molecule has 3 N–H and O–H groups in total. The van der Waals surface area contributed by atoms with Gasteiger partial charge in [-0.25, -0.2) is 13.8 Å². The molecular weight excluding hydrogens is 392 g/mol. The van der Waals surface area contributed by atoms with Crippen LogP contribution in [0.25, 0.3) is 0 Å². The predicted molar refractivity (Wildman–Crippen MR) is 109 cm³/mol. The minimum Gasteiger partial charge on any atom is -0.508 e. The van der Waals surface area contributed by atoms with Gasteiger partial charge in [-0.3, -0.25) is 4.79 Å². The smallest absolute Gasteiger partial charge is 0.295 e. The zero-order valence-corrected chi connectivity index (χ0v) is 17.0. The summed E-state index contributed by atoms with van der Waals surface area (Å²) in [6.45, 7) is 4.00. The van der Waals surface area contributed by atoms with E-state index in [4.69, 9.17) is 0 Å². The number of carbonyl (C=O) groups is 1. The third-order valence-electron chi connectivity index (χ3n) is 4.79. The predicted octanol–water partition coefficient (Wildman–Crippen LogP) is -0.260. The van der Waals surface area contributed by atoms with Crippen molar-refractivity contribution in [3.8, 4) is 5.75 Å². The van der Waals surface area contributed by atoms with Crippen LogP contribution >= 0.6 is 0 Å². The van der Waals surface area contributed by atoms with E-state index in [0.717, 1.165) is 16.0 Å². The van der Waals surface area contributed by atoms with Crippen LogP contribution in [0.1, 0.15) is 11.1 Å². The Balaban J connectivity index is 1.47. The highest BCUT2D eigenvalue weighted by Crippen LogP contribution is 2.16. The van der Waals surface area contributed by atoms with Gasteiger partial charge in [0.1, 0.15) is 5.75 Å². The summed E-state index contributed by atoms with van der Waals surface area (Å²) in [4.78, 5) is 13.4. The van der Waals surface area contributed by atoms with Crippen molar-refractivity contribution in [2.45, 2.75) is 11.8 Å². The lowest BCUT2D eigenvalue weighted by Crippen LogP contribution is -3.15. The van der Waals surface area contributed by atoms with E-state index in [1.807, 2.05) is 6.92 Å². The molecule has 1 amide bonds. The SMILES string of the molecule is Cc1ccc(S(=O)(=O)N2CC[NH+](CC(=O)N/N=C/c3ccc(O)cc3)CC2)cc1. The normalized spacial score (nSPS) is 16.2. The second-order valence-corrected chi connectivity index (χ2v) is 8.97. The molecule has 9 heteroatoms. The van der Waals surface area contributed by atoms with E-state index in [1.165, 1.54) is 22.7 Å². The van der Waals surface area contributed by atoms with Crippen LogP contribution in [0.5, 0.6) is 5.75 Å². The van der Waals surface area contributed by atoms with Crippen LogP contribution in [-0.2, 0) is 14.8 Å². The van der Waals surface area contributed by atoms with E-state index in [-0.39, 0.29) is 18.2 Å². The maximum absolute atomic E-state index is 12.7. The minimum absolute atomic E-state index is 0.165. The van der Waals surface area contributed by atoms with Crippen LogP contribution in [0.2, 0.25) is 0 Å². The Morgan fingerprint density at radius 2 is 1.76 bits per heavy atom. The number of amides is 1. The van der Waals surface area contributed by atoms with Crippen molar-refractivity contribution in [3.63, 3.8) is 0 Å². The molecule has 8 nitrogen and oxygen atoms in total. The summed E-state index contributed by atoms with van der Waals surface area (Å²) in [5.74, 6) is -0.0665. The standard InChI is InChI=1S/C20H24N4O4S/c1-16-2-8-19(9-3-16)29(27,28)24-12-10-23(11-13-24)15-20(26)22-21-14-17-4-6-18(25)7-5-17/h2-9,14,25H,10-13,15H2,1H3,(H,22,26)/p+1/b21-14+. The fourth-order valence-corrected chi connectivity index (χ4v) is 4.53. The van der Waals surface area contributed by atoms with Gasteiger partial charge in [0.15, 0.2) is 6.54 Å². The van der Waals surface area contributed by atoms with Gasteiger partial charge in [-0.1, -0.05) is 17.7 Å². The monoisotopic (exact) mass is 417 g/mol. The van der Waals surface area contributed by atoms with Gasteiger partial charge in [0, 0.05) is 0 Å². The molecule has 1 aliphatic heterocycles. The van der Waals surface area contributed by atoms with Gasteiger partial charge < -0.3 is 10.0 Å². The summed E-state index contributed by atoms with van der Waals surface area (Å²) in [6, 6.07) is 13.3. The average molecular weight is 418 g/mol.